The Bertz CT molecular complexity index is 329. The van der Waals surface area contributed by atoms with Gasteiger partial charge >= 0.3 is 0 Å². The quantitative estimate of drug-likeness (QED) is 0.700. The molecule has 2 atom stereocenters. The Morgan fingerprint density at radius 1 is 1.17 bits per heavy atom. The van der Waals surface area contributed by atoms with E-state index in [1.807, 2.05) is 0 Å². The zero-order valence-electron chi connectivity index (χ0n) is 11.9. The van der Waals surface area contributed by atoms with Gasteiger partial charge in [0.25, 0.3) is 0 Å². The molecule has 1 N–H and O–H groups in total. The van der Waals surface area contributed by atoms with Crippen LogP contribution in [0, 0.1) is 5.92 Å². The highest BCUT2D eigenvalue weighted by atomic mass is 15.0. The summed E-state index contributed by atoms with van der Waals surface area (Å²) >= 11 is 0. The van der Waals surface area contributed by atoms with E-state index in [0.717, 1.165) is 5.92 Å². The van der Waals surface area contributed by atoms with E-state index in [1.165, 1.54) is 44.1 Å². The van der Waals surface area contributed by atoms with Gasteiger partial charge in [-0.25, -0.2) is 0 Å². The van der Waals surface area contributed by atoms with Gasteiger partial charge in [0.1, 0.15) is 0 Å². The molecule has 1 aliphatic carbocycles. The van der Waals surface area contributed by atoms with Crippen LogP contribution in [0.1, 0.15) is 64.0 Å². The minimum Gasteiger partial charge on any atom is -0.307 e. The molecule has 1 aromatic rings. The molecule has 1 heteroatoms. The van der Waals surface area contributed by atoms with Gasteiger partial charge in [0.05, 0.1) is 0 Å². The van der Waals surface area contributed by atoms with E-state index in [9.17, 15) is 0 Å². The summed E-state index contributed by atoms with van der Waals surface area (Å²) in [5.41, 5.74) is 1.48. The van der Waals surface area contributed by atoms with Crippen LogP contribution in [0.5, 0.6) is 0 Å². The molecule has 1 aliphatic rings. The normalized spacial score (nSPS) is 18.6. The van der Waals surface area contributed by atoms with Crippen LogP contribution in [0.25, 0.3) is 0 Å². The Hall–Kier alpha value is -0.820. The largest absolute Gasteiger partial charge is 0.307 e. The van der Waals surface area contributed by atoms with Crippen LogP contribution in [0.2, 0.25) is 0 Å². The van der Waals surface area contributed by atoms with E-state index in [0.29, 0.717) is 12.1 Å². The van der Waals surface area contributed by atoms with Gasteiger partial charge in [0.2, 0.25) is 0 Å². The number of benzene rings is 1. The van der Waals surface area contributed by atoms with Crippen LogP contribution in [-0.4, -0.2) is 6.04 Å². The molecular formula is C17H27N. The molecular weight excluding hydrogens is 218 g/mol. The van der Waals surface area contributed by atoms with Crippen molar-refractivity contribution in [1.29, 1.82) is 0 Å². The van der Waals surface area contributed by atoms with Crippen LogP contribution >= 0.6 is 0 Å². The summed E-state index contributed by atoms with van der Waals surface area (Å²) in [6.45, 7) is 4.59. The van der Waals surface area contributed by atoms with Gasteiger partial charge in [-0.15, -0.1) is 0 Å². The zero-order chi connectivity index (χ0) is 12.8. The van der Waals surface area contributed by atoms with E-state index in [4.69, 9.17) is 0 Å². The number of nitrogens with one attached hydrogen (secondary N) is 1. The Balaban J connectivity index is 1.97. The van der Waals surface area contributed by atoms with Crippen LogP contribution < -0.4 is 5.32 Å². The van der Waals surface area contributed by atoms with Gasteiger partial charge in [0.15, 0.2) is 0 Å². The van der Waals surface area contributed by atoms with Gasteiger partial charge in [-0.1, -0.05) is 57.0 Å². The highest BCUT2D eigenvalue weighted by Crippen LogP contribution is 2.41. The summed E-state index contributed by atoms with van der Waals surface area (Å²) in [5, 5.41) is 3.92. The van der Waals surface area contributed by atoms with E-state index in [-0.39, 0.29) is 0 Å². The van der Waals surface area contributed by atoms with Crippen LogP contribution in [0.3, 0.4) is 0 Å². The summed E-state index contributed by atoms with van der Waals surface area (Å²) in [5.74, 6) is 0.878. The second kappa shape index (κ2) is 6.94. The lowest BCUT2D eigenvalue weighted by atomic mass is 9.99. The molecule has 1 saturated carbocycles. The first-order valence-electron chi connectivity index (χ1n) is 7.66. The topological polar surface area (TPSA) is 12.0 Å². The lowest BCUT2D eigenvalue weighted by Crippen LogP contribution is -2.33. The maximum absolute atomic E-state index is 3.92. The lowest BCUT2D eigenvalue weighted by Gasteiger charge is -2.25. The van der Waals surface area contributed by atoms with Gasteiger partial charge in [-0.2, -0.15) is 0 Å². The minimum atomic E-state index is 0.591. The summed E-state index contributed by atoms with van der Waals surface area (Å²) in [4.78, 5) is 0. The Morgan fingerprint density at radius 2 is 1.89 bits per heavy atom. The van der Waals surface area contributed by atoms with E-state index < -0.39 is 0 Å². The van der Waals surface area contributed by atoms with Gasteiger partial charge in [-0.3, -0.25) is 0 Å². The van der Waals surface area contributed by atoms with Crippen molar-refractivity contribution >= 4 is 0 Å². The van der Waals surface area contributed by atoms with Gasteiger partial charge < -0.3 is 5.32 Å². The van der Waals surface area contributed by atoms with E-state index >= 15 is 0 Å². The molecule has 0 radical (unpaired) electrons. The number of rotatable bonds is 8. The standard InChI is InChI=1S/C17H27N/c1-3-5-11-16(4-2)18-17(15-12-13-15)14-9-7-6-8-10-14/h6-10,15-18H,3-5,11-13H2,1-2H3. The molecule has 0 bridgehead atoms. The van der Waals surface area contributed by atoms with Crippen molar-refractivity contribution in [3.63, 3.8) is 0 Å². The summed E-state index contributed by atoms with van der Waals surface area (Å²) in [6.07, 6.45) is 8.02. The highest BCUT2D eigenvalue weighted by Gasteiger charge is 2.32. The lowest BCUT2D eigenvalue weighted by molar-refractivity contribution is 0.371. The smallest absolute Gasteiger partial charge is 0.0351 e. The Labute approximate surface area is 112 Å². The maximum atomic E-state index is 3.92. The minimum absolute atomic E-state index is 0.591. The van der Waals surface area contributed by atoms with Crippen molar-refractivity contribution in [3.05, 3.63) is 35.9 Å². The van der Waals surface area contributed by atoms with Gasteiger partial charge in [0, 0.05) is 12.1 Å². The number of hydrogen-bond donors (Lipinski definition) is 1. The van der Waals surface area contributed by atoms with E-state index in [1.54, 1.807) is 0 Å². The molecule has 1 aromatic carbocycles. The molecule has 0 heterocycles. The third-order valence-corrected chi connectivity index (χ3v) is 4.07. The molecule has 2 unspecified atom stereocenters. The molecule has 1 nitrogen and oxygen atoms in total. The molecule has 0 amide bonds. The Kier molecular flexibility index (Phi) is 5.25. The van der Waals surface area contributed by atoms with Crippen LogP contribution in [0.15, 0.2) is 30.3 Å². The SMILES string of the molecule is CCCCC(CC)NC(c1ccccc1)C1CC1. The second-order valence-electron chi connectivity index (χ2n) is 5.64. The fraction of sp³-hybridized carbons (Fsp3) is 0.647. The Morgan fingerprint density at radius 3 is 2.44 bits per heavy atom. The van der Waals surface area contributed by atoms with Crippen molar-refractivity contribution in [2.75, 3.05) is 0 Å². The van der Waals surface area contributed by atoms with Crippen molar-refractivity contribution in [2.45, 2.75) is 64.5 Å². The zero-order valence-corrected chi connectivity index (χ0v) is 11.9. The van der Waals surface area contributed by atoms with Crippen molar-refractivity contribution < 1.29 is 0 Å². The third kappa shape index (κ3) is 3.84. The van der Waals surface area contributed by atoms with Crippen LogP contribution in [0.4, 0.5) is 0 Å². The molecule has 0 spiro atoms. The number of hydrogen-bond acceptors (Lipinski definition) is 1. The molecule has 0 saturated heterocycles. The summed E-state index contributed by atoms with van der Waals surface area (Å²) in [6, 6.07) is 12.3. The fourth-order valence-corrected chi connectivity index (χ4v) is 2.70. The predicted molar refractivity (Wildman–Crippen MR) is 78.6 cm³/mol. The fourth-order valence-electron chi connectivity index (χ4n) is 2.70. The summed E-state index contributed by atoms with van der Waals surface area (Å²) < 4.78 is 0. The van der Waals surface area contributed by atoms with Crippen molar-refractivity contribution in [2.24, 2.45) is 5.92 Å². The number of unbranched alkanes of at least 4 members (excludes halogenated alkanes) is 1. The first-order chi connectivity index (χ1) is 8.85. The highest BCUT2D eigenvalue weighted by molar-refractivity contribution is 5.21. The first-order valence-corrected chi connectivity index (χ1v) is 7.66. The average molecular weight is 245 g/mol. The molecule has 100 valence electrons. The summed E-state index contributed by atoms with van der Waals surface area (Å²) in [7, 11) is 0. The predicted octanol–water partition coefficient (Wildman–Crippen LogP) is 4.70. The van der Waals surface area contributed by atoms with Crippen molar-refractivity contribution in [1.82, 2.24) is 5.32 Å². The van der Waals surface area contributed by atoms with Gasteiger partial charge in [-0.05, 0) is 37.2 Å². The van der Waals surface area contributed by atoms with Crippen LogP contribution in [-0.2, 0) is 0 Å². The molecule has 0 aromatic heterocycles. The maximum Gasteiger partial charge on any atom is 0.0351 e. The molecule has 2 rings (SSSR count). The molecule has 18 heavy (non-hydrogen) atoms. The average Bonchev–Trinajstić information content (AvgIpc) is 3.25. The molecule has 1 fully saturated rings. The second-order valence-corrected chi connectivity index (χ2v) is 5.64. The monoisotopic (exact) mass is 245 g/mol. The molecule has 0 aliphatic heterocycles. The van der Waals surface area contributed by atoms with E-state index in [2.05, 4.69) is 49.5 Å². The van der Waals surface area contributed by atoms with Crippen molar-refractivity contribution in [3.8, 4) is 0 Å². The third-order valence-electron chi connectivity index (χ3n) is 4.07. The first kappa shape index (κ1) is 13.6.